The number of rotatable bonds is 4. The van der Waals surface area contributed by atoms with Gasteiger partial charge in [-0.15, -0.1) is 23.1 Å². The fraction of sp³-hybridized carbons (Fsp3) is 0.550. The molecule has 0 unspecified atom stereocenters. The molecule has 3 heterocycles. The van der Waals surface area contributed by atoms with Crippen molar-refractivity contribution in [1.82, 2.24) is 9.80 Å². The summed E-state index contributed by atoms with van der Waals surface area (Å²) < 4.78 is 6.13. The molecule has 1 aromatic rings. The summed E-state index contributed by atoms with van der Waals surface area (Å²) in [6.45, 7) is 7.49. The van der Waals surface area contributed by atoms with Crippen LogP contribution in [0.5, 0.6) is 0 Å². The normalized spacial score (nSPS) is 17.4. The molecule has 1 aromatic heterocycles. The van der Waals surface area contributed by atoms with Crippen molar-refractivity contribution >= 4 is 40.9 Å². The molecule has 0 aliphatic carbocycles. The summed E-state index contributed by atoms with van der Waals surface area (Å²) in [4.78, 5) is 42.1. The Balaban J connectivity index is 1.85. The Hall–Kier alpha value is -1.80. The van der Waals surface area contributed by atoms with Gasteiger partial charge in [-0.25, -0.2) is 9.69 Å². The highest BCUT2D eigenvalue weighted by atomic mass is 32.2. The molecule has 152 valence electrons. The number of ether oxygens (including phenoxy) is 1. The lowest BCUT2D eigenvalue weighted by Gasteiger charge is -2.29. The Labute approximate surface area is 173 Å². The minimum absolute atomic E-state index is 0.0769. The number of carbonyl (C=O) groups excluding carboxylic acids is 3. The van der Waals surface area contributed by atoms with E-state index in [1.165, 1.54) is 23.1 Å². The number of allylic oxidation sites excluding steroid dienone is 1. The molecular formula is C20H26N2O4S2. The molecule has 2 aliphatic rings. The number of fused-ring (bicyclic) bond motifs is 1. The van der Waals surface area contributed by atoms with Gasteiger partial charge in [-0.3, -0.25) is 9.59 Å². The first-order valence-electron chi connectivity index (χ1n) is 9.42. The molecule has 0 saturated carbocycles. The monoisotopic (exact) mass is 422 g/mol. The molecule has 0 spiro atoms. The summed E-state index contributed by atoms with van der Waals surface area (Å²) in [5.74, 6) is -0.453. The summed E-state index contributed by atoms with van der Waals surface area (Å²) in [5.41, 5.74) is 0.568. The Bertz CT molecular complexity index is 817. The van der Waals surface area contributed by atoms with Gasteiger partial charge in [0, 0.05) is 31.9 Å². The second kappa shape index (κ2) is 8.29. The van der Waals surface area contributed by atoms with Gasteiger partial charge in [0.05, 0.1) is 14.6 Å². The van der Waals surface area contributed by atoms with E-state index in [4.69, 9.17) is 4.74 Å². The number of hydrogen-bond acceptors (Lipinski definition) is 7. The van der Waals surface area contributed by atoms with Crippen LogP contribution in [0.3, 0.4) is 0 Å². The Kier molecular flexibility index (Phi) is 6.19. The van der Waals surface area contributed by atoms with Crippen molar-refractivity contribution in [3.05, 3.63) is 28.3 Å². The van der Waals surface area contributed by atoms with E-state index >= 15 is 0 Å². The molecule has 1 fully saturated rings. The quantitative estimate of drug-likeness (QED) is 0.412. The summed E-state index contributed by atoms with van der Waals surface area (Å²) >= 11 is 2.77. The lowest BCUT2D eigenvalue weighted by molar-refractivity contribution is 0.0232. The molecular weight excluding hydrogens is 396 g/mol. The number of nitrogens with zero attached hydrogens (tertiary/aromatic N) is 2. The lowest BCUT2D eigenvalue weighted by atomic mass is 10.0. The van der Waals surface area contributed by atoms with Gasteiger partial charge in [0.25, 0.3) is 5.91 Å². The smallest absolute Gasteiger partial charge is 0.417 e. The van der Waals surface area contributed by atoms with Crippen molar-refractivity contribution in [2.45, 2.75) is 49.8 Å². The number of carbonyl (C=O) groups is 3. The highest BCUT2D eigenvalue weighted by Crippen LogP contribution is 2.39. The van der Waals surface area contributed by atoms with Crippen LogP contribution in [0.2, 0.25) is 0 Å². The number of likely N-dealkylation sites (tertiary alicyclic amines) is 1. The standard InChI is InChI=1S/C20H26N2O4S2/c1-20(2,3)26-19(25)22-12-7-13-15(17(22)24)18(27-4)28-16(13)14(23)8-11-21-9-5-6-10-21/h8,11H,5-7,9-10,12H2,1-4H3. The SMILES string of the molecule is CSc1sc(C(=O)C=CN2CCCC2)c2c1C(=O)N(C(=O)OC(C)(C)C)CC2. The Morgan fingerprint density at radius 2 is 1.86 bits per heavy atom. The van der Waals surface area contributed by atoms with E-state index in [1.807, 2.05) is 12.5 Å². The summed E-state index contributed by atoms with van der Waals surface area (Å²) in [7, 11) is 0. The Morgan fingerprint density at radius 1 is 1.18 bits per heavy atom. The number of thiophene rings is 1. The van der Waals surface area contributed by atoms with Crippen LogP contribution in [0.1, 0.15) is 59.2 Å². The van der Waals surface area contributed by atoms with E-state index in [0.717, 1.165) is 40.6 Å². The number of imide groups is 1. The first-order valence-corrected chi connectivity index (χ1v) is 11.5. The fourth-order valence-corrected chi connectivity index (χ4v) is 5.32. The van der Waals surface area contributed by atoms with Crippen LogP contribution in [0, 0.1) is 0 Å². The van der Waals surface area contributed by atoms with Gasteiger partial charge in [-0.1, -0.05) is 0 Å². The van der Waals surface area contributed by atoms with E-state index in [9.17, 15) is 14.4 Å². The molecule has 0 radical (unpaired) electrons. The van der Waals surface area contributed by atoms with Crippen LogP contribution in [0.15, 0.2) is 16.5 Å². The average Bonchev–Trinajstić information content (AvgIpc) is 3.26. The second-order valence-corrected chi connectivity index (χ2v) is 9.98. The predicted octanol–water partition coefficient (Wildman–Crippen LogP) is 4.20. The topological polar surface area (TPSA) is 66.9 Å². The van der Waals surface area contributed by atoms with Gasteiger partial charge in [0.2, 0.25) is 0 Å². The van der Waals surface area contributed by atoms with Crippen molar-refractivity contribution in [3.8, 4) is 0 Å². The van der Waals surface area contributed by atoms with Crippen molar-refractivity contribution < 1.29 is 19.1 Å². The largest absolute Gasteiger partial charge is 0.443 e. The second-order valence-electron chi connectivity index (χ2n) is 7.89. The van der Waals surface area contributed by atoms with Crippen LogP contribution in [0.4, 0.5) is 4.79 Å². The van der Waals surface area contributed by atoms with E-state index in [2.05, 4.69) is 4.90 Å². The predicted molar refractivity (Wildman–Crippen MR) is 111 cm³/mol. The van der Waals surface area contributed by atoms with E-state index in [0.29, 0.717) is 16.9 Å². The fourth-order valence-electron chi connectivity index (χ4n) is 3.33. The van der Waals surface area contributed by atoms with Crippen molar-refractivity contribution in [2.75, 3.05) is 25.9 Å². The molecule has 3 rings (SSSR count). The molecule has 0 bridgehead atoms. The molecule has 2 amide bonds. The summed E-state index contributed by atoms with van der Waals surface area (Å²) in [5, 5.41) is 0. The maximum absolute atomic E-state index is 13.0. The average molecular weight is 423 g/mol. The van der Waals surface area contributed by atoms with Gasteiger partial charge in [0.1, 0.15) is 5.60 Å². The number of hydrogen-bond donors (Lipinski definition) is 0. The molecule has 0 N–H and O–H groups in total. The van der Waals surface area contributed by atoms with Gasteiger partial charge in [0.15, 0.2) is 5.78 Å². The third-order valence-corrected chi connectivity index (χ3v) is 6.99. The van der Waals surface area contributed by atoms with Crippen molar-refractivity contribution in [3.63, 3.8) is 0 Å². The molecule has 1 saturated heterocycles. The minimum Gasteiger partial charge on any atom is -0.443 e. The van der Waals surface area contributed by atoms with E-state index in [1.54, 1.807) is 26.8 Å². The van der Waals surface area contributed by atoms with Gasteiger partial charge >= 0.3 is 6.09 Å². The maximum atomic E-state index is 13.0. The lowest BCUT2D eigenvalue weighted by Crippen LogP contribution is -2.44. The summed E-state index contributed by atoms with van der Waals surface area (Å²) in [6.07, 6.45) is 7.47. The highest BCUT2D eigenvalue weighted by molar-refractivity contribution is 8.00. The minimum atomic E-state index is -0.671. The third-order valence-electron chi connectivity index (χ3n) is 4.62. The van der Waals surface area contributed by atoms with Gasteiger partial charge < -0.3 is 9.64 Å². The number of ketones is 1. The summed E-state index contributed by atoms with van der Waals surface area (Å²) in [6, 6.07) is 0. The van der Waals surface area contributed by atoms with Gasteiger partial charge in [-0.05, 0) is 51.9 Å². The zero-order valence-electron chi connectivity index (χ0n) is 16.7. The third kappa shape index (κ3) is 4.43. The molecule has 28 heavy (non-hydrogen) atoms. The van der Waals surface area contributed by atoms with Crippen LogP contribution < -0.4 is 0 Å². The molecule has 2 aliphatic heterocycles. The highest BCUT2D eigenvalue weighted by Gasteiger charge is 2.37. The molecule has 0 atom stereocenters. The van der Waals surface area contributed by atoms with Crippen molar-refractivity contribution in [1.29, 1.82) is 0 Å². The van der Waals surface area contributed by atoms with Gasteiger partial charge in [-0.2, -0.15) is 0 Å². The maximum Gasteiger partial charge on any atom is 0.417 e. The zero-order chi connectivity index (χ0) is 20.5. The number of amides is 2. The van der Waals surface area contributed by atoms with Crippen LogP contribution in [0.25, 0.3) is 0 Å². The number of thioether (sulfide) groups is 1. The van der Waals surface area contributed by atoms with Crippen molar-refractivity contribution in [2.24, 2.45) is 0 Å². The van der Waals surface area contributed by atoms with Crippen LogP contribution in [-0.4, -0.2) is 59.1 Å². The van der Waals surface area contributed by atoms with E-state index < -0.39 is 11.7 Å². The molecule has 6 nitrogen and oxygen atoms in total. The van der Waals surface area contributed by atoms with Crippen LogP contribution >= 0.6 is 23.1 Å². The Morgan fingerprint density at radius 3 is 2.46 bits per heavy atom. The first kappa shape index (κ1) is 20.9. The molecule has 0 aromatic carbocycles. The zero-order valence-corrected chi connectivity index (χ0v) is 18.4. The first-order chi connectivity index (χ1) is 13.2. The van der Waals surface area contributed by atoms with E-state index in [-0.39, 0.29) is 18.2 Å². The van der Waals surface area contributed by atoms with Crippen LogP contribution in [-0.2, 0) is 11.2 Å². The molecule has 8 heteroatoms.